The van der Waals surface area contributed by atoms with Crippen LogP contribution in [0.15, 0.2) is 36.4 Å². The van der Waals surface area contributed by atoms with Gasteiger partial charge in [0.1, 0.15) is 5.82 Å². The van der Waals surface area contributed by atoms with Crippen LogP contribution in [0.3, 0.4) is 0 Å². The van der Waals surface area contributed by atoms with Gasteiger partial charge in [0.05, 0.1) is 11.3 Å². The van der Waals surface area contributed by atoms with Gasteiger partial charge in [-0.05, 0) is 36.8 Å². The number of hydrogen-bond donors (Lipinski definition) is 3. The second kappa shape index (κ2) is 5.62. The number of carbonyl (C=O) groups excluding carboxylic acids is 1. The molecule has 0 aliphatic carbocycles. The first-order valence-corrected chi connectivity index (χ1v) is 6.09. The molecule has 0 aromatic heterocycles. The van der Waals surface area contributed by atoms with Crippen molar-refractivity contribution in [3.05, 3.63) is 58.9 Å². The van der Waals surface area contributed by atoms with E-state index in [-0.39, 0.29) is 16.8 Å². The summed E-state index contributed by atoms with van der Waals surface area (Å²) in [4.78, 5) is 23.1. The Morgan fingerprint density at radius 3 is 2.57 bits per heavy atom. The van der Waals surface area contributed by atoms with E-state index < -0.39 is 17.7 Å². The van der Waals surface area contributed by atoms with E-state index in [1.165, 1.54) is 24.3 Å². The number of anilines is 2. The molecule has 0 radical (unpaired) electrons. The number of para-hydroxylation sites is 1. The highest BCUT2D eigenvalue weighted by Crippen LogP contribution is 2.21. The van der Waals surface area contributed by atoms with Gasteiger partial charge >= 0.3 is 5.97 Å². The summed E-state index contributed by atoms with van der Waals surface area (Å²) in [6.45, 7) is 1.79. The van der Waals surface area contributed by atoms with Crippen molar-refractivity contribution in [1.82, 2.24) is 0 Å². The van der Waals surface area contributed by atoms with Crippen LogP contribution in [0.2, 0.25) is 0 Å². The summed E-state index contributed by atoms with van der Waals surface area (Å²) in [7, 11) is 0. The topological polar surface area (TPSA) is 92.4 Å². The smallest absolute Gasteiger partial charge is 0.337 e. The Balaban J connectivity index is 2.36. The van der Waals surface area contributed by atoms with Crippen LogP contribution in [0.25, 0.3) is 0 Å². The maximum absolute atomic E-state index is 13.7. The fraction of sp³-hybridized carbons (Fsp3) is 0.0667. The largest absolute Gasteiger partial charge is 0.478 e. The van der Waals surface area contributed by atoms with Gasteiger partial charge in [0.25, 0.3) is 5.91 Å². The monoisotopic (exact) mass is 288 g/mol. The summed E-state index contributed by atoms with van der Waals surface area (Å²) in [5.41, 5.74) is 6.48. The number of rotatable bonds is 3. The van der Waals surface area contributed by atoms with Gasteiger partial charge in [0.2, 0.25) is 0 Å². The molecule has 0 saturated carbocycles. The van der Waals surface area contributed by atoms with E-state index in [1.807, 2.05) is 0 Å². The molecule has 0 fully saturated rings. The van der Waals surface area contributed by atoms with E-state index in [9.17, 15) is 14.0 Å². The third-order valence-electron chi connectivity index (χ3n) is 3.02. The van der Waals surface area contributed by atoms with Gasteiger partial charge in [0.15, 0.2) is 0 Å². The normalized spacial score (nSPS) is 10.2. The lowest BCUT2D eigenvalue weighted by Crippen LogP contribution is -2.16. The molecule has 2 rings (SSSR count). The number of nitrogens with one attached hydrogen (secondary N) is 1. The second-order valence-electron chi connectivity index (χ2n) is 4.49. The van der Waals surface area contributed by atoms with E-state index in [1.54, 1.807) is 13.0 Å². The molecule has 1 amide bonds. The van der Waals surface area contributed by atoms with Crippen molar-refractivity contribution in [1.29, 1.82) is 0 Å². The van der Waals surface area contributed by atoms with Crippen molar-refractivity contribution in [2.45, 2.75) is 6.92 Å². The molecule has 0 aliphatic rings. The highest BCUT2D eigenvalue weighted by atomic mass is 19.1. The SMILES string of the molecule is Cc1ccc(C(=O)Nc2c(F)cccc2C(=O)O)cc1N. The van der Waals surface area contributed by atoms with E-state index >= 15 is 0 Å². The summed E-state index contributed by atoms with van der Waals surface area (Å²) < 4.78 is 13.7. The van der Waals surface area contributed by atoms with E-state index in [4.69, 9.17) is 10.8 Å². The predicted octanol–water partition coefficient (Wildman–Crippen LogP) is 2.67. The highest BCUT2D eigenvalue weighted by molar-refractivity contribution is 6.08. The van der Waals surface area contributed by atoms with E-state index in [0.717, 1.165) is 11.6 Å². The van der Waals surface area contributed by atoms with Crippen molar-refractivity contribution in [2.75, 3.05) is 11.1 Å². The molecule has 5 nitrogen and oxygen atoms in total. The predicted molar refractivity (Wildman–Crippen MR) is 76.9 cm³/mol. The van der Waals surface area contributed by atoms with Gasteiger partial charge in [-0.1, -0.05) is 12.1 Å². The number of aromatic carboxylic acids is 1. The van der Waals surface area contributed by atoms with Gasteiger partial charge in [-0.2, -0.15) is 0 Å². The summed E-state index contributed by atoms with van der Waals surface area (Å²) in [5, 5.41) is 11.3. The summed E-state index contributed by atoms with van der Waals surface area (Å²) in [6.07, 6.45) is 0. The average molecular weight is 288 g/mol. The average Bonchev–Trinajstić information content (AvgIpc) is 2.43. The summed E-state index contributed by atoms with van der Waals surface area (Å²) >= 11 is 0. The van der Waals surface area contributed by atoms with Crippen LogP contribution in [0.4, 0.5) is 15.8 Å². The van der Waals surface area contributed by atoms with Crippen LogP contribution in [-0.2, 0) is 0 Å². The Kier molecular flexibility index (Phi) is 3.89. The van der Waals surface area contributed by atoms with Crippen molar-refractivity contribution in [3.63, 3.8) is 0 Å². The molecule has 0 bridgehead atoms. The van der Waals surface area contributed by atoms with Gasteiger partial charge in [-0.25, -0.2) is 9.18 Å². The minimum absolute atomic E-state index is 0.220. The van der Waals surface area contributed by atoms with E-state index in [0.29, 0.717) is 5.69 Å². The number of carboxylic acids is 1. The Morgan fingerprint density at radius 1 is 1.24 bits per heavy atom. The molecule has 4 N–H and O–H groups in total. The number of nitrogen functional groups attached to an aromatic ring is 1. The number of carbonyl (C=O) groups is 2. The summed E-state index contributed by atoms with van der Waals surface area (Å²) in [5.74, 6) is -2.77. The Hall–Kier alpha value is -2.89. The molecule has 2 aromatic carbocycles. The molecule has 0 aliphatic heterocycles. The first-order valence-electron chi connectivity index (χ1n) is 6.09. The first kappa shape index (κ1) is 14.5. The molecule has 0 spiro atoms. The molecular formula is C15H13FN2O3. The Morgan fingerprint density at radius 2 is 1.95 bits per heavy atom. The zero-order valence-corrected chi connectivity index (χ0v) is 11.2. The number of amides is 1. The fourth-order valence-electron chi connectivity index (χ4n) is 1.80. The van der Waals surface area contributed by atoms with Crippen LogP contribution >= 0.6 is 0 Å². The van der Waals surface area contributed by atoms with Crippen LogP contribution in [0.1, 0.15) is 26.3 Å². The molecule has 108 valence electrons. The highest BCUT2D eigenvalue weighted by Gasteiger charge is 2.17. The third kappa shape index (κ3) is 3.00. The first-order chi connectivity index (χ1) is 9.90. The van der Waals surface area contributed by atoms with Gasteiger partial charge < -0.3 is 16.2 Å². The molecule has 21 heavy (non-hydrogen) atoms. The van der Waals surface area contributed by atoms with Crippen molar-refractivity contribution in [2.24, 2.45) is 0 Å². The number of carboxylic acid groups (broad SMARTS) is 1. The minimum atomic E-state index is -1.33. The third-order valence-corrected chi connectivity index (χ3v) is 3.02. The molecular weight excluding hydrogens is 275 g/mol. The van der Waals surface area contributed by atoms with Crippen LogP contribution < -0.4 is 11.1 Å². The molecule has 2 aromatic rings. The number of aryl methyl sites for hydroxylation is 1. The molecule has 6 heteroatoms. The van der Waals surface area contributed by atoms with E-state index in [2.05, 4.69) is 5.32 Å². The van der Waals surface area contributed by atoms with Gasteiger partial charge in [0, 0.05) is 11.3 Å². The van der Waals surface area contributed by atoms with Crippen LogP contribution in [-0.4, -0.2) is 17.0 Å². The second-order valence-corrected chi connectivity index (χ2v) is 4.49. The Bertz CT molecular complexity index is 729. The van der Waals surface area contributed by atoms with Crippen molar-refractivity contribution in [3.8, 4) is 0 Å². The number of nitrogens with two attached hydrogens (primary N) is 1. The quantitative estimate of drug-likeness (QED) is 0.757. The summed E-state index contributed by atoms with van der Waals surface area (Å²) in [6, 6.07) is 8.19. The lowest BCUT2D eigenvalue weighted by molar-refractivity contribution is 0.0697. The van der Waals surface area contributed by atoms with Crippen molar-refractivity contribution < 1.29 is 19.1 Å². The standard InChI is InChI=1S/C15H13FN2O3/c1-8-5-6-9(7-12(8)17)14(19)18-13-10(15(20)21)3-2-4-11(13)16/h2-7H,17H2,1H3,(H,18,19)(H,20,21). The van der Waals surface area contributed by atoms with Crippen LogP contribution in [0, 0.1) is 12.7 Å². The zero-order chi connectivity index (χ0) is 15.6. The molecule has 0 heterocycles. The van der Waals surface area contributed by atoms with Crippen molar-refractivity contribution >= 4 is 23.3 Å². The maximum Gasteiger partial charge on any atom is 0.337 e. The zero-order valence-electron chi connectivity index (χ0n) is 11.2. The fourth-order valence-corrected chi connectivity index (χ4v) is 1.80. The van der Waals surface area contributed by atoms with Gasteiger partial charge in [-0.3, -0.25) is 4.79 Å². The number of benzene rings is 2. The lowest BCUT2D eigenvalue weighted by Gasteiger charge is -2.10. The molecule has 0 saturated heterocycles. The van der Waals surface area contributed by atoms with Gasteiger partial charge in [-0.15, -0.1) is 0 Å². The molecule has 0 atom stereocenters. The molecule has 0 unspecified atom stereocenters. The number of halogens is 1. The maximum atomic E-state index is 13.7. The minimum Gasteiger partial charge on any atom is -0.478 e. The Labute approximate surface area is 120 Å². The lowest BCUT2D eigenvalue weighted by atomic mass is 10.1. The number of hydrogen-bond acceptors (Lipinski definition) is 3. The van der Waals surface area contributed by atoms with Crippen LogP contribution in [0.5, 0.6) is 0 Å².